The molecule has 0 N–H and O–H groups in total. The Bertz CT molecular complexity index is 472. The molecule has 122 valence electrons. The van der Waals surface area contributed by atoms with Crippen molar-refractivity contribution in [3.05, 3.63) is 35.4 Å². The molecule has 4 nitrogen and oxygen atoms in total. The van der Waals surface area contributed by atoms with Gasteiger partial charge in [0.15, 0.2) is 5.92 Å². The summed E-state index contributed by atoms with van der Waals surface area (Å²) in [6, 6.07) is 7.90. The molecule has 1 unspecified atom stereocenters. The SMILES string of the molecule is CCOC(=O)C(C(=O)OCC)C(c1ccc(C)cc1)C(C)C. The maximum Gasteiger partial charge on any atom is 0.320 e. The van der Waals surface area contributed by atoms with Crippen molar-refractivity contribution >= 4 is 11.9 Å². The van der Waals surface area contributed by atoms with Crippen molar-refractivity contribution in [3.8, 4) is 0 Å². The Morgan fingerprint density at radius 2 is 1.41 bits per heavy atom. The molecule has 4 heteroatoms. The molecule has 0 fully saturated rings. The van der Waals surface area contributed by atoms with Crippen LogP contribution in [0.3, 0.4) is 0 Å². The zero-order chi connectivity index (χ0) is 16.7. The number of hydrogen-bond acceptors (Lipinski definition) is 4. The molecule has 0 saturated heterocycles. The van der Waals surface area contributed by atoms with Gasteiger partial charge in [0, 0.05) is 5.92 Å². The Labute approximate surface area is 132 Å². The van der Waals surface area contributed by atoms with Crippen LogP contribution in [-0.2, 0) is 19.1 Å². The molecule has 22 heavy (non-hydrogen) atoms. The van der Waals surface area contributed by atoms with Gasteiger partial charge in [-0.1, -0.05) is 43.7 Å². The lowest BCUT2D eigenvalue weighted by Crippen LogP contribution is -2.35. The minimum atomic E-state index is -0.928. The lowest BCUT2D eigenvalue weighted by atomic mass is 9.78. The number of rotatable bonds is 7. The maximum atomic E-state index is 12.3. The number of carbonyl (C=O) groups is 2. The molecule has 0 spiro atoms. The lowest BCUT2D eigenvalue weighted by Gasteiger charge is -2.27. The molecule has 1 aromatic rings. The molecule has 1 aromatic carbocycles. The van der Waals surface area contributed by atoms with E-state index in [-0.39, 0.29) is 25.0 Å². The molecule has 0 bridgehead atoms. The van der Waals surface area contributed by atoms with Crippen molar-refractivity contribution in [2.75, 3.05) is 13.2 Å². The Balaban J connectivity index is 3.22. The van der Waals surface area contributed by atoms with Crippen LogP contribution in [0.1, 0.15) is 44.7 Å². The van der Waals surface area contributed by atoms with Gasteiger partial charge in [0.05, 0.1) is 13.2 Å². The normalized spacial score (nSPS) is 12.3. The first kappa shape index (κ1) is 18.2. The van der Waals surface area contributed by atoms with Crippen molar-refractivity contribution < 1.29 is 19.1 Å². The van der Waals surface area contributed by atoms with E-state index in [0.717, 1.165) is 11.1 Å². The van der Waals surface area contributed by atoms with E-state index in [0.29, 0.717) is 0 Å². The van der Waals surface area contributed by atoms with Crippen molar-refractivity contribution in [1.82, 2.24) is 0 Å². The average molecular weight is 306 g/mol. The molecular weight excluding hydrogens is 280 g/mol. The first-order chi connectivity index (χ1) is 10.4. The second kappa shape index (κ2) is 8.57. The van der Waals surface area contributed by atoms with Crippen LogP contribution >= 0.6 is 0 Å². The third-order valence-corrected chi connectivity index (χ3v) is 3.62. The highest BCUT2D eigenvalue weighted by Crippen LogP contribution is 2.34. The predicted octanol–water partition coefficient (Wildman–Crippen LogP) is 3.48. The van der Waals surface area contributed by atoms with E-state index in [1.807, 2.05) is 45.0 Å². The average Bonchev–Trinajstić information content (AvgIpc) is 2.45. The highest BCUT2D eigenvalue weighted by atomic mass is 16.6. The highest BCUT2D eigenvalue weighted by molar-refractivity contribution is 5.96. The Morgan fingerprint density at radius 1 is 0.955 bits per heavy atom. The van der Waals surface area contributed by atoms with Gasteiger partial charge in [-0.3, -0.25) is 9.59 Å². The van der Waals surface area contributed by atoms with Crippen LogP contribution in [-0.4, -0.2) is 25.2 Å². The molecule has 1 rings (SSSR count). The number of ether oxygens (including phenoxy) is 2. The van der Waals surface area contributed by atoms with Crippen LogP contribution < -0.4 is 0 Å². The largest absolute Gasteiger partial charge is 0.465 e. The lowest BCUT2D eigenvalue weighted by molar-refractivity contribution is -0.163. The standard InChI is InChI=1S/C18H26O4/c1-6-21-17(19)16(18(20)22-7-2)15(12(3)4)14-10-8-13(5)9-11-14/h8-12,15-16H,6-7H2,1-5H3. The smallest absolute Gasteiger partial charge is 0.320 e. The molecule has 0 aromatic heterocycles. The van der Waals surface area contributed by atoms with Crippen LogP contribution in [0, 0.1) is 18.8 Å². The van der Waals surface area contributed by atoms with Gasteiger partial charge >= 0.3 is 11.9 Å². The van der Waals surface area contributed by atoms with Gasteiger partial charge in [0.25, 0.3) is 0 Å². The summed E-state index contributed by atoms with van der Waals surface area (Å²) in [5.74, 6) is -2.12. The molecule has 0 aliphatic rings. The maximum absolute atomic E-state index is 12.3. The van der Waals surface area contributed by atoms with Gasteiger partial charge in [-0.2, -0.15) is 0 Å². The molecular formula is C18H26O4. The summed E-state index contributed by atoms with van der Waals surface area (Å²) in [6.45, 7) is 9.95. The summed E-state index contributed by atoms with van der Waals surface area (Å²) in [4.78, 5) is 24.6. The molecule has 0 aliphatic carbocycles. The second-order valence-electron chi connectivity index (χ2n) is 5.66. The summed E-state index contributed by atoms with van der Waals surface area (Å²) < 4.78 is 10.2. The first-order valence-electron chi connectivity index (χ1n) is 7.82. The highest BCUT2D eigenvalue weighted by Gasteiger charge is 2.39. The zero-order valence-electron chi connectivity index (χ0n) is 14.1. The van der Waals surface area contributed by atoms with E-state index in [4.69, 9.17) is 9.47 Å². The third kappa shape index (κ3) is 4.58. The van der Waals surface area contributed by atoms with E-state index < -0.39 is 17.9 Å². The monoisotopic (exact) mass is 306 g/mol. The molecule has 0 heterocycles. The quantitative estimate of drug-likeness (QED) is 0.571. The number of benzene rings is 1. The molecule has 0 aliphatic heterocycles. The van der Waals surface area contributed by atoms with E-state index in [2.05, 4.69) is 0 Å². The van der Waals surface area contributed by atoms with Crippen LogP contribution in [0.4, 0.5) is 0 Å². The minimum Gasteiger partial charge on any atom is -0.465 e. The van der Waals surface area contributed by atoms with Crippen LogP contribution in [0.25, 0.3) is 0 Å². The van der Waals surface area contributed by atoms with Crippen molar-refractivity contribution in [2.45, 2.75) is 40.5 Å². The summed E-state index contributed by atoms with van der Waals surface area (Å²) in [5.41, 5.74) is 2.08. The van der Waals surface area contributed by atoms with Gasteiger partial charge in [0.2, 0.25) is 0 Å². The predicted molar refractivity (Wildman–Crippen MR) is 85.5 cm³/mol. The van der Waals surface area contributed by atoms with Crippen molar-refractivity contribution in [3.63, 3.8) is 0 Å². The molecule has 0 amide bonds. The fourth-order valence-electron chi connectivity index (χ4n) is 2.60. The minimum absolute atomic E-state index is 0.0986. The molecule has 0 saturated carbocycles. The Hall–Kier alpha value is -1.84. The van der Waals surface area contributed by atoms with E-state index in [1.54, 1.807) is 13.8 Å². The van der Waals surface area contributed by atoms with E-state index in [9.17, 15) is 9.59 Å². The summed E-state index contributed by atoms with van der Waals surface area (Å²) in [5, 5.41) is 0. The van der Waals surface area contributed by atoms with E-state index >= 15 is 0 Å². The van der Waals surface area contributed by atoms with Gasteiger partial charge < -0.3 is 9.47 Å². The summed E-state index contributed by atoms with van der Waals surface area (Å²) in [6.07, 6.45) is 0. The third-order valence-electron chi connectivity index (χ3n) is 3.62. The van der Waals surface area contributed by atoms with Crippen molar-refractivity contribution in [1.29, 1.82) is 0 Å². The van der Waals surface area contributed by atoms with Crippen molar-refractivity contribution in [2.24, 2.45) is 11.8 Å². The first-order valence-corrected chi connectivity index (χ1v) is 7.82. The topological polar surface area (TPSA) is 52.6 Å². The molecule has 1 atom stereocenters. The Kier molecular flexibility index (Phi) is 7.09. The van der Waals surface area contributed by atoms with Crippen LogP contribution in [0.15, 0.2) is 24.3 Å². The van der Waals surface area contributed by atoms with E-state index in [1.165, 1.54) is 0 Å². The number of esters is 2. The van der Waals surface area contributed by atoms with Gasteiger partial charge in [-0.05, 0) is 32.3 Å². The van der Waals surface area contributed by atoms with Gasteiger partial charge in [-0.15, -0.1) is 0 Å². The number of carbonyl (C=O) groups excluding carboxylic acids is 2. The fraction of sp³-hybridized carbons (Fsp3) is 0.556. The van der Waals surface area contributed by atoms with Crippen LogP contribution in [0.2, 0.25) is 0 Å². The number of aryl methyl sites for hydroxylation is 1. The van der Waals surface area contributed by atoms with Gasteiger partial charge in [0.1, 0.15) is 0 Å². The van der Waals surface area contributed by atoms with Gasteiger partial charge in [-0.25, -0.2) is 0 Å². The summed E-state index contributed by atoms with van der Waals surface area (Å²) >= 11 is 0. The molecule has 0 radical (unpaired) electrons. The number of hydrogen-bond donors (Lipinski definition) is 0. The summed E-state index contributed by atoms with van der Waals surface area (Å²) in [7, 11) is 0. The second-order valence-corrected chi connectivity index (χ2v) is 5.66. The zero-order valence-corrected chi connectivity index (χ0v) is 14.1. The fourth-order valence-corrected chi connectivity index (χ4v) is 2.60. The Morgan fingerprint density at radius 3 is 1.77 bits per heavy atom. The van der Waals surface area contributed by atoms with Crippen LogP contribution in [0.5, 0.6) is 0 Å².